The van der Waals surface area contributed by atoms with E-state index >= 15 is 0 Å². The predicted octanol–water partition coefficient (Wildman–Crippen LogP) is 4.83. The Bertz CT molecular complexity index is 663. The summed E-state index contributed by atoms with van der Waals surface area (Å²) in [5.41, 5.74) is 2.14. The highest BCUT2D eigenvalue weighted by Crippen LogP contribution is 2.18. The quantitative estimate of drug-likeness (QED) is 0.344. The fourth-order valence-electron chi connectivity index (χ4n) is 2.92. The number of cyclic esters (lactones) is 1. The molecule has 138 valence electrons. The Morgan fingerprint density at radius 1 is 1.23 bits per heavy atom. The minimum Gasteiger partial charge on any atom is -0.447 e. The summed E-state index contributed by atoms with van der Waals surface area (Å²) in [6.07, 6.45) is 10.1. The van der Waals surface area contributed by atoms with Crippen LogP contribution in [-0.2, 0) is 16.0 Å². The van der Waals surface area contributed by atoms with E-state index in [0.29, 0.717) is 6.42 Å². The molecule has 2 amide bonds. The Labute approximate surface area is 155 Å². The van der Waals surface area contributed by atoms with Crippen molar-refractivity contribution in [2.45, 2.75) is 44.6 Å². The molecule has 1 aliphatic rings. The number of hydrogen-bond donors (Lipinski definition) is 0. The van der Waals surface area contributed by atoms with Gasteiger partial charge in [-0.15, -0.1) is 0 Å². The maximum Gasteiger partial charge on any atom is 0.417 e. The number of carbonyl (C=O) groups excluding carboxylic acids is 2. The molecule has 0 bridgehead atoms. The summed E-state index contributed by atoms with van der Waals surface area (Å²) < 4.78 is 5.08. The van der Waals surface area contributed by atoms with Gasteiger partial charge in [-0.1, -0.05) is 67.6 Å². The van der Waals surface area contributed by atoms with Gasteiger partial charge in [-0.3, -0.25) is 4.79 Å². The topological polar surface area (TPSA) is 46.6 Å². The Morgan fingerprint density at radius 2 is 2.00 bits per heavy atom. The predicted molar refractivity (Wildman–Crippen MR) is 104 cm³/mol. The molecule has 1 aliphatic heterocycles. The molecule has 2 rings (SSSR count). The molecule has 0 aromatic heterocycles. The summed E-state index contributed by atoms with van der Waals surface area (Å²) >= 11 is 0. The van der Waals surface area contributed by atoms with Gasteiger partial charge in [-0.25, -0.2) is 9.69 Å². The van der Waals surface area contributed by atoms with Gasteiger partial charge in [0, 0.05) is 0 Å². The Kier molecular flexibility index (Phi) is 7.87. The fourth-order valence-corrected chi connectivity index (χ4v) is 2.92. The summed E-state index contributed by atoms with van der Waals surface area (Å²) in [5, 5.41) is 0. The van der Waals surface area contributed by atoms with Gasteiger partial charge in [0.25, 0.3) is 5.91 Å². The number of hydrogen-bond acceptors (Lipinski definition) is 3. The molecule has 0 spiro atoms. The van der Waals surface area contributed by atoms with E-state index in [1.807, 2.05) is 36.4 Å². The minimum absolute atomic E-state index is 0.244. The normalized spacial score (nSPS) is 16.7. The molecule has 1 atom stereocenters. The standard InChI is InChI=1S/C22H27NO3/c1-3-18(2)12-8-5-4-6-11-15-21(24)23-20(17-26-22(23)25)16-19-13-9-7-10-14-19/h3,7,9-11,13-15,20H,1-2,4-6,8,12,16-17H2/b15-11+/t20-/m1/s1. The van der Waals surface area contributed by atoms with Crippen molar-refractivity contribution < 1.29 is 14.3 Å². The highest BCUT2D eigenvalue weighted by atomic mass is 16.6. The molecule has 0 N–H and O–H groups in total. The number of ether oxygens (including phenoxy) is 1. The van der Waals surface area contributed by atoms with Crippen LogP contribution in [0.1, 0.15) is 37.7 Å². The monoisotopic (exact) mass is 353 g/mol. The molecule has 0 saturated carbocycles. The van der Waals surface area contributed by atoms with Crippen LogP contribution in [0.15, 0.2) is 67.3 Å². The van der Waals surface area contributed by atoms with E-state index in [9.17, 15) is 9.59 Å². The van der Waals surface area contributed by atoms with Crippen LogP contribution >= 0.6 is 0 Å². The Balaban J connectivity index is 1.78. The molecule has 1 aromatic carbocycles. The zero-order chi connectivity index (χ0) is 18.8. The molecule has 1 saturated heterocycles. The van der Waals surface area contributed by atoms with E-state index in [4.69, 9.17) is 4.74 Å². The van der Waals surface area contributed by atoms with Crippen LogP contribution in [0.25, 0.3) is 0 Å². The first-order chi connectivity index (χ1) is 12.6. The van der Waals surface area contributed by atoms with Crippen molar-refractivity contribution in [1.82, 2.24) is 4.90 Å². The first-order valence-corrected chi connectivity index (χ1v) is 9.12. The van der Waals surface area contributed by atoms with E-state index in [-0.39, 0.29) is 18.6 Å². The van der Waals surface area contributed by atoms with E-state index in [0.717, 1.165) is 43.2 Å². The molecule has 0 aliphatic carbocycles. The van der Waals surface area contributed by atoms with E-state index in [1.54, 1.807) is 6.08 Å². The summed E-state index contributed by atoms with van der Waals surface area (Å²) in [7, 11) is 0. The van der Waals surface area contributed by atoms with Crippen molar-refractivity contribution in [2.24, 2.45) is 0 Å². The van der Waals surface area contributed by atoms with Crippen molar-refractivity contribution in [2.75, 3.05) is 6.61 Å². The third kappa shape index (κ3) is 6.03. The van der Waals surface area contributed by atoms with Gasteiger partial charge in [0.1, 0.15) is 6.61 Å². The van der Waals surface area contributed by atoms with Crippen LogP contribution in [0.2, 0.25) is 0 Å². The maximum absolute atomic E-state index is 12.4. The molecule has 1 heterocycles. The second-order valence-corrected chi connectivity index (χ2v) is 6.49. The van der Waals surface area contributed by atoms with E-state index < -0.39 is 6.09 Å². The lowest BCUT2D eigenvalue weighted by Gasteiger charge is -2.18. The number of carbonyl (C=O) groups is 2. The highest BCUT2D eigenvalue weighted by Gasteiger charge is 2.36. The van der Waals surface area contributed by atoms with Gasteiger partial charge in [-0.05, 0) is 43.7 Å². The molecule has 0 unspecified atom stereocenters. The van der Waals surface area contributed by atoms with Crippen LogP contribution in [-0.4, -0.2) is 29.5 Å². The number of unbranched alkanes of at least 4 members (excludes halogenated alkanes) is 3. The zero-order valence-electron chi connectivity index (χ0n) is 15.2. The first kappa shape index (κ1) is 19.7. The SMILES string of the molecule is C=CC(=C)CCCCC/C=C/C(=O)N1C(=O)OC[C@H]1Cc1ccccc1. The number of nitrogens with zero attached hydrogens (tertiary/aromatic N) is 1. The molecule has 4 nitrogen and oxygen atoms in total. The maximum atomic E-state index is 12.4. The van der Waals surface area contributed by atoms with Gasteiger partial charge >= 0.3 is 6.09 Å². The molecule has 26 heavy (non-hydrogen) atoms. The van der Waals surface area contributed by atoms with E-state index in [1.165, 1.54) is 11.0 Å². The first-order valence-electron chi connectivity index (χ1n) is 9.12. The van der Waals surface area contributed by atoms with Gasteiger partial charge in [0.15, 0.2) is 0 Å². The van der Waals surface area contributed by atoms with E-state index in [2.05, 4.69) is 13.2 Å². The summed E-state index contributed by atoms with van der Waals surface area (Å²) in [6.45, 7) is 7.84. The van der Waals surface area contributed by atoms with Crippen molar-refractivity contribution in [3.05, 3.63) is 72.9 Å². The van der Waals surface area contributed by atoms with Gasteiger partial charge < -0.3 is 4.74 Å². The second-order valence-electron chi connectivity index (χ2n) is 6.49. The molecule has 1 aromatic rings. The third-order valence-electron chi connectivity index (χ3n) is 4.43. The van der Waals surface area contributed by atoms with Gasteiger partial charge in [0.05, 0.1) is 6.04 Å². The van der Waals surface area contributed by atoms with Crippen LogP contribution in [0, 0.1) is 0 Å². The smallest absolute Gasteiger partial charge is 0.417 e. The lowest BCUT2D eigenvalue weighted by atomic mass is 10.1. The molecule has 4 heteroatoms. The lowest BCUT2D eigenvalue weighted by molar-refractivity contribution is -0.124. The van der Waals surface area contributed by atoms with Gasteiger partial charge in [-0.2, -0.15) is 0 Å². The lowest BCUT2D eigenvalue weighted by Crippen LogP contribution is -2.39. The van der Waals surface area contributed by atoms with Crippen LogP contribution in [0.3, 0.4) is 0 Å². The van der Waals surface area contributed by atoms with Crippen LogP contribution in [0.4, 0.5) is 4.79 Å². The van der Waals surface area contributed by atoms with Crippen LogP contribution < -0.4 is 0 Å². The number of allylic oxidation sites excluding steroid dienone is 3. The second kappa shape index (κ2) is 10.4. The molecule has 1 fully saturated rings. The third-order valence-corrected chi connectivity index (χ3v) is 4.43. The fraction of sp³-hybridized carbons (Fsp3) is 0.364. The Morgan fingerprint density at radius 3 is 2.73 bits per heavy atom. The summed E-state index contributed by atoms with van der Waals surface area (Å²) in [6, 6.07) is 9.57. The van der Waals surface area contributed by atoms with Gasteiger partial charge in [0.2, 0.25) is 0 Å². The summed E-state index contributed by atoms with van der Waals surface area (Å²) in [4.78, 5) is 25.5. The van der Waals surface area contributed by atoms with Crippen molar-refractivity contribution in [3.8, 4) is 0 Å². The number of imide groups is 1. The highest BCUT2D eigenvalue weighted by molar-refractivity contribution is 5.99. The number of rotatable bonds is 10. The number of amides is 2. The summed E-state index contributed by atoms with van der Waals surface area (Å²) in [5.74, 6) is -0.298. The van der Waals surface area contributed by atoms with Crippen molar-refractivity contribution >= 4 is 12.0 Å². The average molecular weight is 353 g/mol. The molecule has 0 radical (unpaired) electrons. The molecular weight excluding hydrogens is 326 g/mol. The molecular formula is C22H27NO3. The Hall–Kier alpha value is -2.62. The zero-order valence-corrected chi connectivity index (χ0v) is 15.2. The largest absolute Gasteiger partial charge is 0.447 e. The van der Waals surface area contributed by atoms with Crippen molar-refractivity contribution in [1.29, 1.82) is 0 Å². The van der Waals surface area contributed by atoms with Crippen LogP contribution in [0.5, 0.6) is 0 Å². The van der Waals surface area contributed by atoms with Crippen molar-refractivity contribution in [3.63, 3.8) is 0 Å². The average Bonchev–Trinajstić information content (AvgIpc) is 3.01. The number of benzene rings is 1. The minimum atomic E-state index is -0.552.